The molecule has 2 fully saturated rings. The summed E-state index contributed by atoms with van der Waals surface area (Å²) in [5.74, 6) is -1.85. The molecule has 4 atom stereocenters. The van der Waals surface area contributed by atoms with Gasteiger partial charge in [0.1, 0.15) is 0 Å². The molecule has 0 aromatic heterocycles. The van der Waals surface area contributed by atoms with Crippen molar-refractivity contribution in [1.29, 1.82) is 0 Å². The van der Waals surface area contributed by atoms with E-state index in [-0.39, 0.29) is 12.2 Å². The van der Waals surface area contributed by atoms with Crippen LogP contribution in [0.3, 0.4) is 0 Å². The van der Waals surface area contributed by atoms with E-state index in [1.807, 2.05) is 0 Å². The smallest absolute Gasteiger partial charge is 0.280 e. The van der Waals surface area contributed by atoms with Crippen molar-refractivity contribution in [1.82, 2.24) is 0 Å². The van der Waals surface area contributed by atoms with Gasteiger partial charge in [-0.3, -0.25) is 0 Å². The molecule has 200 valence electrons. The van der Waals surface area contributed by atoms with Crippen LogP contribution >= 0.6 is 0 Å². The van der Waals surface area contributed by atoms with Gasteiger partial charge in [-0.05, 0) is 35.1 Å². The Labute approximate surface area is 219 Å². The maximum absolute atomic E-state index is 5.92. The molecule has 7 heteroatoms. The molecule has 7 nitrogen and oxygen atoms in total. The van der Waals surface area contributed by atoms with Gasteiger partial charge in [0.05, 0.1) is 38.6 Å². The number of methoxy groups -OCH3 is 2. The SMILES string of the molecule is COC1(C)OCC(CC=Cc2ccc(COCc3ccc(C=CCC4COC(C)(OC)O4)cc3)cc2)O1. The maximum atomic E-state index is 5.92. The molecular weight excluding hydrogens is 472 g/mol. The molecule has 0 bridgehead atoms. The summed E-state index contributed by atoms with van der Waals surface area (Å²) in [6.45, 7) is 5.77. The van der Waals surface area contributed by atoms with Gasteiger partial charge in [-0.2, -0.15) is 0 Å². The molecule has 2 aliphatic heterocycles. The molecule has 37 heavy (non-hydrogen) atoms. The second-order valence-electron chi connectivity index (χ2n) is 9.49. The summed E-state index contributed by atoms with van der Waals surface area (Å²) in [4.78, 5) is 0. The van der Waals surface area contributed by atoms with Crippen molar-refractivity contribution in [3.63, 3.8) is 0 Å². The molecule has 2 aromatic rings. The van der Waals surface area contributed by atoms with Crippen LogP contribution in [0.2, 0.25) is 0 Å². The quantitative estimate of drug-likeness (QED) is 0.364. The van der Waals surface area contributed by atoms with Crippen molar-refractivity contribution in [3.05, 3.63) is 82.9 Å². The molecular formula is C30H38O7. The van der Waals surface area contributed by atoms with Crippen molar-refractivity contribution in [2.45, 2.75) is 64.1 Å². The third-order valence-electron chi connectivity index (χ3n) is 6.48. The number of hydrogen-bond acceptors (Lipinski definition) is 7. The number of hydrogen-bond donors (Lipinski definition) is 0. The molecule has 2 heterocycles. The fraction of sp³-hybridized carbons (Fsp3) is 0.467. The number of rotatable bonds is 12. The van der Waals surface area contributed by atoms with Crippen molar-refractivity contribution in [2.75, 3.05) is 27.4 Å². The van der Waals surface area contributed by atoms with Crippen LogP contribution in [0.15, 0.2) is 60.7 Å². The van der Waals surface area contributed by atoms with E-state index in [0.717, 1.165) is 35.1 Å². The molecule has 0 spiro atoms. The molecule has 4 rings (SSSR count). The van der Waals surface area contributed by atoms with E-state index in [0.29, 0.717) is 26.4 Å². The lowest BCUT2D eigenvalue weighted by molar-refractivity contribution is -0.313. The monoisotopic (exact) mass is 510 g/mol. The first kappa shape index (κ1) is 27.7. The summed E-state index contributed by atoms with van der Waals surface area (Å²) in [6.07, 6.45) is 9.96. The van der Waals surface area contributed by atoms with Gasteiger partial charge in [-0.1, -0.05) is 72.8 Å². The first-order chi connectivity index (χ1) is 17.9. The average Bonchev–Trinajstić information content (AvgIpc) is 3.49. The van der Waals surface area contributed by atoms with Crippen molar-refractivity contribution in [2.24, 2.45) is 0 Å². The predicted octanol–water partition coefficient (Wildman–Crippen LogP) is 5.68. The van der Waals surface area contributed by atoms with Gasteiger partial charge in [0.25, 0.3) is 11.9 Å². The number of benzene rings is 2. The van der Waals surface area contributed by atoms with E-state index in [2.05, 4.69) is 72.8 Å². The minimum atomic E-state index is -0.923. The van der Waals surface area contributed by atoms with Gasteiger partial charge in [0.2, 0.25) is 0 Å². The summed E-state index contributed by atoms with van der Waals surface area (Å²) < 4.78 is 38.9. The molecule has 2 aromatic carbocycles. The maximum Gasteiger partial charge on any atom is 0.280 e. The zero-order valence-corrected chi connectivity index (χ0v) is 22.2. The third-order valence-corrected chi connectivity index (χ3v) is 6.48. The van der Waals surface area contributed by atoms with Crippen LogP contribution in [0.1, 0.15) is 48.9 Å². The van der Waals surface area contributed by atoms with Gasteiger partial charge in [-0.25, -0.2) is 0 Å². The molecule has 0 aliphatic carbocycles. The summed E-state index contributed by atoms with van der Waals surface area (Å²) in [5.41, 5.74) is 4.56. The lowest BCUT2D eigenvalue weighted by Crippen LogP contribution is -2.28. The molecule has 0 amide bonds. The molecule has 4 unspecified atom stereocenters. The molecule has 0 N–H and O–H groups in total. The first-order valence-electron chi connectivity index (χ1n) is 12.7. The lowest BCUT2D eigenvalue weighted by Gasteiger charge is -2.20. The highest BCUT2D eigenvalue weighted by Gasteiger charge is 2.37. The Kier molecular flexibility index (Phi) is 9.67. The topological polar surface area (TPSA) is 64.6 Å². The van der Waals surface area contributed by atoms with Gasteiger partial charge < -0.3 is 33.2 Å². The van der Waals surface area contributed by atoms with Gasteiger partial charge in [0, 0.05) is 28.1 Å². The summed E-state index contributed by atoms with van der Waals surface area (Å²) in [5, 5.41) is 0. The summed E-state index contributed by atoms with van der Waals surface area (Å²) in [7, 11) is 3.17. The Morgan fingerprint density at radius 3 is 1.46 bits per heavy atom. The van der Waals surface area contributed by atoms with Crippen LogP contribution in [0.25, 0.3) is 12.2 Å². The van der Waals surface area contributed by atoms with Crippen molar-refractivity contribution >= 4 is 12.2 Å². The van der Waals surface area contributed by atoms with E-state index in [9.17, 15) is 0 Å². The molecule has 2 aliphatic rings. The Morgan fingerprint density at radius 2 is 1.11 bits per heavy atom. The van der Waals surface area contributed by atoms with E-state index in [4.69, 9.17) is 33.2 Å². The lowest BCUT2D eigenvalue weighted by atomic mass is 10.1. The van der Waals surface area contributed by atoms with Crippen LogP contribution in [0, 0.1) is 0 Å². The highest BCUT2D eigenvalue weighted by molar-refractivity contribution is 5.50. The van der Waals surface area contributed by atoms with Crippen LogP contribution in [0.4, 0.5) is 0 Å². The highest BCUT2D eigenvalue weighted by atomic mass is 16.9. The molecule has 0 radical (unpaired) electrons. The van der Waals surface area contributed by atoms with E-state index < -0.39 is 11.9 Å². The third kappa shape index (κ3) is 8.32. The van der Waals surface area contributed by atoms with Crippen LogP contribution in [-0.4, -0.2) is 51.6 Å². The summed E-state index contributed by atoms with van der Waals surface area (Å²) >= 11 is 0. The second kappa shape index (κ2) is 12.9. The largest absolute Gasteiger partial charge is 0.372 e. The Bertz CT molecular complexity index is 949. The van der Waals surface area contributed by atoms with Crippen molar-refractivity contribution < 1.29 is 33.2 Å². The highest BCUT2D eigenvalue weighted by Crippen LogP contribution is 2.26. The Balaban J connectivity index is 1.14. The van der Waals surface area contributed by atoms with Gasteiger partial charge in [-0.15, -0.1) is 0 Å². The van der Waals surface area contributed by atoms with E-state index >= 15 is 0 Å². The zero-order chi connectivity index (χ0) is 26.1. The Hall–Kier alpha value is -2.36. The fourth-order valence-electron chi connectivity index (χ4n) is 4.13. The molecule has 0 saturated carbocycles. The standard InChI is InChI=1S/C30H38O7/c1-29(31-3)34-21-27(36-29)9-5-7-23-11-15-25(16-12-23)19-33-20-26-17-13-24(14-18-26)8-6-10-28-22-35-30(2,32-4)37-28/h5-8,11-18,27-28H,9-10,19-22H2,1-4H3. The molecule has 2 saturated heterocycles. The van der Waals surface area contributed by atoms with E-state index in [1.165, 1.54) is 0 Å². The average molecular weight is 511 g/mol. The van der Waals surface area contributed by atoms with Crippen LogP contribution in [-0.2, 0) is 46.4 Å². The normalized spacial score (nSPS) is 28.1. The summed E-state index contributed by atoms with van der Waals surface area (Å²) in [6, 6.07) is 16.8. The second-order valence-corrected chi connectivity index (χ2v) is 9.49. The van der Waals surface area contributed by atoms with Crippen LogP contribution < -0.4 is 0 Å². The van der Waals surface area contributed by atoms with Crippen molar-refractivity contribution in [3.8, 4) is 0 Å². The number of ether oxygens (including phenoxy) is 7. The van der Waals surface area contributed by atoms with Crippen LogP contribution in [0.5, 0.6) is 0 Å². The predicted molar refractivity (Wildman–Crippen MR) is 141 cm³/mol. The minimum Gasteiger partial charge on any atom is -0.372 e. The van der Waals surface area contributed by atoms with Gasteiger partial charge in [0.15, 0.2) is 0 Å². The zero-order valence-electron chi connectivity index (χ0n) is 22.2. The minimum absolute atomic E-state index is 0.00788. The van der Waals surface area contributed by atoms with E-state index in [1.54, 1.807) is 28.1 Å². The van der Waals surface area contributed by atoms with Gasteiger partial charge >= 0.3 is 0 Å². The first-order valence-corrected chi connectivity index (χ1v) is 12.7. The fourth-order valence-corrected chi connectivity index (χ4v) is 4.13. The Morgan fingerprint density at radius 1 is 0.703 bits per heavy atom.